The monoisotopic (exact) mass is 225 g/mol. The number of rotatable bonds is 4. The molecule has 0 aliphatic rings. The lowest BCUT2D eigenvalue weighted by molar-refractivity contribution is 0.613. The first kappa shape index (κ1) is 12.0. The second-order valence-electron chi connectivity index (χ2n) is 3.22. The van der Waals surface area contributed by atoms with E-state index in [0.29, 0.717) is 5.02 Å². The quantitative estimate of drug-likeness (QED) is 0.777. The Morgan fingerprint density at radius 3 is 2.87 bits per heavy atom. The molecule has 80 valence electrons. The van der Waals surface area contributed by atoms with Gasteiger partial charge < -0.3 is 0 Å². The average Bonchev–Trinajstić information content (AvgIpc) is 2.21. The summed E-state index contributed by atoms with van der Waals surface area (Å²) in [5, 5.41) is 3.52. The van der Waals surface area contributed by atoms with Gasteiger partial charge in [0.05, 0.1) is 6.04 Å². The van der Waals surface area contributed by atoms with Crippen LogP contribution in [0.2, 0.25) is 5.02 Å². The van der Waals surface area contributed by atoms with Crippen molar-refractivity contribution in [3.05, 3.63) is 34.6 Å². The molecule has 1 rings (SSSR count). The first-order chi connectivity index (χ1) is 7.19. The first-order valence-electron chi connectivity index (χ1n) is 4.83. The van der Waals surface area contributed by atoms with Crippen molar-refractivity contribution in [3.63, 3.8) is 0 Å². The summed E-state index contributed by atoms with van der Waals surface area (Å²) in [7, 11) is 0. The summed E-state index contributed by atoms with van der Waals surface area (Å²) in [4.78, 5) is 0. The molecule has 0 heterocycles. The summed E-state index contributed by atoms with van der Waals surface area (Å²) in [6.07, 6.45) is 6.37. The minimum absolute atomic E-state index is 0.252. The lowest BCUT2D eigenvalue weighted by Gasteiger charge is -2.14. The van der Waals surface area contributed by atoms with Crippen molar-refractivity contribution in [1.82, 2.24) is 5.32 Å². The predicted molar refractivity (Wildman–Crippen MR) is 61.3 cm³/mol. The molecular formula is C12H13ClFN. The van der Waals surface area contributed by atoms with E-state index in [1.165, 1.54) is 12.1 Å². The van der Waals surface area contributed by atoms with Gasteiger partial charge in [-0.1, -0.05) is 30.5 Å². The molecule has 1 nitrogen and oxygen atoms in total. The summed E-state index contributed by atoms with van der Waals surface area (Å²) >= 11 is 5.91. The highest BCUT2D eigenvalue weighted by Gasteiger charge is 2.11. The Kier molecular flexibility index (Phi) is 4.61. The second kappa shape index (κ2) is 5.75. The smallest absolute Gasteiger partial charge is 0.124 e. The normalized spacial score (nSPS) is 12.1. The van der Waals surface area contributed by atoms with Crippen molar-refractivity contribution in [2.45, 2.75) is 19.4 Å². The van der Waals surface area contributed by atoms with Crippen LogP contribution in [0.3, 0.4) is 0 Å². The summed E-state index contributed by atoms with van der Waals surface area (Å²) in [6.45, 7) is 2.86. The molecule has 1 unspecified atom stereocenters. The van der Waals surface area contributed by atoms with Crippen LogP contribution in [0.5, 0.6) is 0 Å². The summed E-state index contributed by atoms with van der Waals surface area (Å²) in [6, 6.07) is 4.00. The van der Waals surface area contributed by atoms with Crippen LogP contribution in [0.1, 0.15) is 24.9 Å². The molecule has 0 fully saturated rings. The molecule has 0 saturated carbocycles. The second-order valence-corrected chi connectivity index (χ2v) is 3.63. The third-order valence-corrected chi connectivity index (χ3v) is 2.37. The number of nitrogens with one attached hydrogen (secondary N) is 1. The Balaban J connectivity index is 2.88. The predicted octanol–water partition coefficient (Wildman–Crippen LogP) is 3.15. The highest BCUT2D eigenvalue weighted by atomic mass is 35.5. The lowest BCUT2D eigenvalue weighted by Crippen LogP contribution is -2.20. The third kappa shape index (κ3) is 3.23. The molecular weight excluding hydrogens is 213 g/mol. The summed E-state index contributed by atoms with van der Waals surface area (Å²) < 4.78 is 12.8. The van der Waals surface area contributed by atoms with Crippen LogP contribution in [-0.4, -0.2) is 6.54 Å². The fourth-order valence-electron chi connectivity index (χ4n) is 1.28. The van der Waals surface area contributed by atoms with E-state index in [1.54, 1.807) is 6.07 Å². The Hall–Kier alpha value is -1.04. The Morgan fingerprint density at radius 1 is 1.60 bits per heavy atom. The van der Waals surface area contributed by atoms with Crippen LogP contribution in [0.4, 0.5) is 4.39 Å². The van der Waals surface area contributed by atoms with E-state index < -0.39 is 0 Å². The van der Waals surface area contributed by atoms with Crippen molar-refractivity contribution < 1.29 is 4.39 Å². The molecule has 15 heavy (non-hydrogen) atoms. The highest BCUT2D eigenvalue weighted by molar-refractivity contribution is 6.31. The average molecular weight is 226 g/mol. The number of hydrogen-bond acceptors (Lipinski definition) is 1. The van der Waals surface area contributed by atoms with Crippen molar-refractivity contribution in [3.8, 4) is 12.3 Å². The number of hydrogen-bond donors (Lipinski definition) is 1. The van der Waals surface area contributed by atoms with Gasteiger partial charge in [0, 0.05) is 5.02 Å². The molecule has 1 aromatic rings. The standard InChI is InChI=1S/C12H13ClFN/c1-3-7-15-12(4-2)10-6-5-9(14)8-11(10)13/h2,5-6,8,12,15H,3,7H2,1H3. The molecule has 0 radical (unpaired) electrons. The van der Waals surface area contributed by atoms with Crippen molar-refractivity contribution in [2.24, 2.45) is 0 Å². The molecule has 0 aliphatic carbocycles. The maximum atomic E-state index is 12.8. The van der Waals surface area contributed by atoms with Gasteiger partial charge in [0.15, 0.2) is 0 Å². The SMILES string of the molecule is C#CC(NCCC)c1ccc(F)cc1Cl. The molecule has 1 aromatic carbocycles. The Labute approximate surface area is 94.6 Å². The van der Waals surface area contributed by atoms with Crippen LogP contribution in [-0.2, 0) is 0 Å². The molecule has 0 aromatic heterocycles. The van der Waals surface area contributed by atoms with Crippen LogP contribution in [0.15, 0.2) is 18.2 Å². The fourth-order valence-corrected chi connectivity index (χ4v) is 1.56. The Morgan fingerprint density at radius 2 is 2.33 bits per heavy atom. The van der Waals surface area contributed by atoms with E-state index >= 15 is 0 Å². The van der Waals surface area contributed by atoms with E-state index in [1.807, 2.05) is 6.92 Å². The molecule has 1 N–H and O–H groups in total. The minimum Gasteiger partial charge on any atom is -0.300 e. The van der Waals surface area contributed by atoms with E-state index in [9.17, 15) is 4.39 Å². The molecule has 1 atom stereocenters. The largest absolute Gasteiger partial charge is 0.300 e. The van der Waals surface area contributed by atoms with Crippen LogP contribution >= 0.6 is 11.6 Å². The lowest BCUT2D eigenvalue weighted by atomic mass is 10.1. The van der Waals surface area contributed by atoms with Gasteiger partial charge in [0.1, 0.15) is 5.82 Å². The molecule has 0 bridgehead atoms. The molecule has 0 saturated heterocycles. The van der Waals surface area contributed by atoms with E-state index in [0.717, 1.165) is 18.5 Å². The number of terminal acetylenes is 1. The fraction of sp³-hybridized carbons (Fsp3) is 0.333. The topological polar surface area (TPSA) is 12.0 Å². The van der Waals surface area contributed by atoms with Crippen LogP contribution in [0.25, 0.3) is 0 Å². The first-order valence-corrected chi connectivity index (χ1v) is 5.21. The number of benzene rings is 1. The zero-order valence-electron chi connectivity index (χ0n) is 8.56. The molecule has 0 amide bonds. The van der Waals surface area contributed by atoms with E-state index in [4.69, 9.17) is 18.0 Å². The maximum absolute atomic E-state index is 12.8. The zero-order valence-corrected chi connectivity index (χ0v) is 9.31. The van der Waals surface area contributed by atoms with Crippen molar-refractivity contribution >= 4 is 11.6 Å². The third-order valence-electron chi connectivity index (χ3n) is 2.04. The van der Waals surface area contributed by atoms with Crippen molar-refractivity contribution in [2.75, 3.05) is 6.54 Å². The van der Waals surface area contributed by atoms with Crippen LogP contribution in [0, 0.1) is 18.2 Å². The minimum atomic E-state index is -0.352. The van der Waals surface area contributed by atoms with E-state index in [2.05, 4.69) is 11.2 Å². The van der Waals surface area contributed by atoms with Gasteiger partial charge in [0.25, 0.3) is 0 Å². The molecule has 0 spiro atoms. The zero-order chi connectivity index (χ0) is 11.3. The molecule has 0 aliphatic heterocycles. The summed E-state index contributed by atoms with van der Waals surface area (Å²) in [5.41, 5.74) is 0.744. The van der Waals surface area contributed by atoms with Gasteiger partial charge in [0.2, 0.25) is 0 Å². The summed E-state index contributed by atoms with van der Waals surface area (Å²) in [5.74, 6) is 2.24. The highest BCUT2D eigenvalue weighted by Crippen LogP contribution is 2.23. The van der Waals surface area contributed by atoms with Gasteiger partial charge >= 0.3 is 0 Å². The van der Waals surface area contributed by atoms with E-state index in [-0.39, 0.29) is 11.9 Å². The van der Waals surface area contributed by atoms with Crippen molar-refractivity contribution in [1.29, 1.82) is 0 Å². The number of halogens is 2. The van der Waals surface area contributed by atoms with Gasteiger partial charge in [-0.15, -0.1) is 6.42 Å². The van der Waals surface area contributed by atoms with Gasteiger partial charge in [-0.3, -0.25) is 5.32 Å². The van der Waals surface area contributed by atoms with Gasteiger partial charge in [-0.2, -0.15) is 0 Å². The van der Waals surface area contributed by atoms with Crippen LogP contribution < -0.4 is 5.32 Å². The van der Waals surface area contributed by atoms with Gasteiger partial charge in [-0.05, 0) is 30.7 Å². The maximum Gasteiger partial charge on any atom is 0.124 e. The Bertz CT molecular complexity index is 370. The molecule has 3 heteroatoms. The van der Waals surface area contributed by atoms with Gasteiger partial charge in [-0.25, -0.2) is 4.39 Å².